The number of benzene rings is 1. The highest BCUT2D eigenvalue weighted by molar-refractivity contribution is 7.20. The van der Waals surface area contributed by atoms with Crippen LogP contribution in [0.2, 0.25) is 0 Å². The van der Waals surface area contributed by atoms with Crippen LogP contribution in [0.4, 0.5) is 9.52 Å². The molecule has 5 nitrogen and oxygen atoms in total. The molecule has 22 heavy (non-hydrogen) atoms. The molecule has 0 atom stereocenters. The number of halogens is 1. The minimum Gasteiger partial charge on any atom is -0.360 e. The normalized spacial score (nSPS) is 10.7. The third-order valence-electron chi connectivity index (χ3n) is 3.17. The fourth-order valence-electron chi connectivity index (χ4n) is 2.06. The summed E-state index contributed by atoms with van der Waals surface area (Å²) >= 11 is 1.47. The molecule has 7 heteroatoms. The maximum absolute atomic E-state index is 12.9. The third-order valence-corrected chi connectivity index (χ3v) is 4.05. The Morgan fingerprint density at radius 1 is 1.27 bits per heavy atom. The molecule has 0 aliphatic carbocycles. The molecule has 0 saturated carbocycles. The maximum Gasteiger partial charge on any atom is 0.214 e. The molecule has 0 amide bonds. The van der Waals surface area contributed by atoms with Crippen molar-refractivity contribution in [1.29, 1.82) is 5.26 Å². The largest absolute Gasteiger partial charge is 0.360 e. The number of hydrogen-bond donors (Lipinski definition) is 1. The van der Waals surface area contributed by atoms with Crippen LogP contribution in [-0.4, -0.2) is 21.1 Å². The molecule has 112 valence electrons. The van der Waals surface area contributed by atoms with Crippen molar-refractivity contribution < 1.29 is 4.39 Å². The highest BCUT2D eigenvalue weighted by atomic mass is 32.1. The number of unbranched alkanes of at least 4 members (excludes halogenated alkanes) is 2. The highest BCUT2D eigenvalue weighted by Crippen LogP contribution is 2.24. The zero-order valence-corrected chi connectivity index (χ0v) is 12.6. The summed E-state index contributed by atoms with van der Waals surface area (Å²) in [6.45, 7) is 0.795. The van der Waals surface area contributed by atoms with Gasteiger partial charge in [0.1, 0.15) is 5.82 Å². The molecule has 0 unspecified atom stereocenters. The second-order valence-electron chi connectivity index (χ2n) is 4.81. The predicted octanol–water partition coefficient (Wildman–Crippen LogP) is 3.70. The van der Waals surface area contributed by atoms with Gasteiger partial charge in [0.25, 0.3) is 0 Å². The smallest absolute Gasteiger partial charge is 0.214 e. The van der Waals surface area contributed by atoms with Gasteiger partial charge in [0.15, 0.2) is 0 Å². The van der Waals surface area contributed by atoms with Crippen molar-refractivity contribution >= 4 is 21.4 Å². The lowest BCUT2D eigenvalue weighted by Gasteiger charge is -1.99. The van der Waals surface area contributed by atoms with Gasteiger partial charge in [-0.05, 0) is 37.1 Å². The SMILES string of the molecule is N#CCCCCNc1nn2cc(-c3ccc(F)cc3)nc2s1. The van der Waals surface area contributed by atoms with E-state index in [0.717, 1.165) is 40.7 Å². The summed E-state index contributed by atoms with van der Waals surface area (Å²) in [6.07, 6.45) is 4.25. The molecule has 1 N–H and O–H groups in total. The molecule has 0 spiro atoms. The molecule has 0 radical (unpaired) electrons. The lowest BCUT2D eigenvalue weighted by molar-refractivity contribution is 0.628. The molecular formula is C15H14FN5S. The molecule has 1 aromatic carbocycles. The quantitative estimate of drug-likeness (QED) is 0.704. The van der Waals surface area contributed by atoms with Gasteiger partial charge in [-0.3, -0.25) is 0 Å². The van der Waals surface area contributed by atoms with Crippen LogP contribution in [0.3, 0.4) is 0 Å². The molecular weight excluding hydrogens is 301 g/mol. The topological polar surface area (TPSA) is 66.0 Å². The van der Waals surface area contributed by atoms with Gasteiger partial charge in [-0.25, -0.2) is 13.9 Å². The number of hydrogen-bond acceptors (Lipinski definition) is 5. The number of rotatable bonds is 6. The second-order valence-corrected chi connectivity index (χ2v) is 5.77. The molecule has 2 aromatic heterocycles. The van der Waals surface area contributed by atoms with Gasteiger partial charge in [-0.1, -0.05) is 11.3 Å². The van der Waals surface area contributed by atoms with E-state index in [4.69, 9.17) is 5.26 Å². The fraction of sp³-hybridized carbons (Fsp3) is 0.267. The Hall–Kier alpha value is -2.46. The molecule has 0 bridgehead atoms. The zero-order chi connectivity index (χ0) is 15.4. The minimum absolute atomic E-state index is 0.259. The van der Waals surface area contributed by atoms with Crippen LogP contribution < -0.4 is 5.32 Å². The number of nitrogens with zero attached hydrogens (tertiary/aromatic N) is 4. The predicted molar refractivity (Wildman–Crippen MR) is 84.2 cm³/mol. The van der Waals surface area contributed by atoms with E-state index >= 15 is 0 Å². The monoisotopic (exact) mass is 315 g/mol. The van der Waals surface area contributed by atoms with E-state index in [1.54, 1.807) is 16.6 Å². The number of imidazole rings is 1. The molecule has 0 aliphatic rings. The lowest BCUT2D eigenvalue weighted by atomic mass is 10.2. The van der Waals surface area contributed by atoms with Crippen molar-refractivity contribution in [2.45, 2.75) is 19.3 Å². The molecule has 2 heterocycles. The van der Waals surface area contributed by atoms with E-state index in [1.807, 2.05) is 6.20 Å². The van der Waals surface area contributed by atoms with Crippen LogP contribution in [0.15, 0.2) is 30.5 Å². The van der Waals surface area contributed by atoms with Crippen LogP contribution >= 0.6 is 11.3 Å². The van der Waals surface area contributed by atoms with E-state index in [1.165, 1.54) is 23.5 Å². The Bertz CT molecular complexity index is 768. The first-order chi connectivity index (χ1) is 10.8. The van der Waals surface area contributed by atoms with Gasteiger partial charge in [-0.15, -0.1) is 5.10 Å². The van der Waals surface area contributed by atoms with Gasteiger partial charge in [0.05, 0.1) is 18.0 Å². The number of fused-ring (bicyclic) bond motifs is 1. The highest BCUT2D eigenvalue weighted by Gasteiger charge is 2.09. The molecule has 3 aromatic rings. The first-order valence-corrected chi connectivity index (χ1v) is 7.81. The Morgan fingerprint density at radius 3 is 2.82 bits per heavy atom. The minimum atomic E-state index is -0.259. The first kappa shape index (κ1) is 14.5. The van der Waals surface area contributed by atoms with Crippen LogP contribution in [0.25, 0.3) is 16.2 Å². The first-order valence-electron chi connectivity index (χ1n) is 6.99. The molecule has 3 rings (SSSR count). The van der Waals surface area contributed by atoms with Crippen molar-refractivity contribution in [1.82, 2.24) is 14.6 Å². The Labute approximate surface area is 131 Å². The Morgan fingerprint density at radius 2 is 2.09 bits per heavy atom. The van der Waals surface area contributed by atoms with Gasteiger partial charge < -0.3 is 5.32 Å². The molecule has 0 aliphatic heterocycles. The molecule has 0 fully saturated rings. The average molecular weight is 315 g/mol. The van der Waals surface area contributed by atoms with E-state index in [2.05, 4.69) is 21.5 Å². The summed E-state index contributed by atoms with van der Waals surface area (Å²) in [5, 5.41) is 16.9. The van der Waals surface area contributed by atoms with E-state index in [0.29, 0.717) is 6.42 Å². The second kappa shape index (κ2) is 6.54. The van der Waals surface area contributed by atoms with Gasteiger partial charge in [0, 0.05) is 18.5 Å². The van der Waals surface area contributed by atoms with Crippen molar-refractivity contribution in [2.75, 3.05) is 11.9 Å². The fourth-order valence-corrected chi connectivity index (χ4v) is 2.86. The van der Waals surface area contributed by atoms with Gasteiger partial charge in [-0.2, -0.15) is 5.26 Å². The summed E-state index contributed by atoms with van der Waals surface area (Å²) in [7, 11) is 0. The summed E-state index contributed by atoms with van der Waals surface area (Å²) in [5.74, 6) is -0.259. The van der Waals surface area contributed by atoms with Crippen molar-refractivity contribution in [3.8, 4) is 17.3 Å². The van der Waals surface area contributed by atoms with Crippen molar-refractivity contribution in [3.63, 3.8) is 0 Å². The van der Waals surface area contributed by atoms with E-state index < -0.39 is 0 Å². The Balaban J connectivity index is 1.67. The average Bonchev–Trinajstić information content (AvgIpc) is 3.06. The van der Waals surface area contributed by atoms with Crippen molar-refractivity contribution in [2.24, 2.45) is 0 Å². The summed E-state index contributed by atoms with van der Waals surface area (Å²) < 4.78 is 14.7. The van der Waals surface area contributed by atoms with Crippen LogP contribution in [0, 0.1) is 17.1 Å². The number of anilines is 1. The zero-order valence-electron chi connectivity index (χ0n) is 11.8. The summed E-state index contributed by atoms with van der Waals surface area (Å²) in [5.41, 5.74) is 1.64. The van der Waals surface area contributed by atoms with E-state index in [-0.39, 0.29) is 5.82 Å². The van der Waals surface area contributed by atoms with Crippen LogP contribution in [0.5, 0.6) is 0 Å². The van der Waals surface area contributed by atoms with E-state index in [9.17, 15) is 4.39 Å². The van der Waals surface area contributed by atoms with Crippen molar-refractivity contribution in [3.05, 3.63) is 36.3 Å². The number of aromatic nitrogens is 3. The third kappa shape index (κ3) is 3.23. The summed E-state index contributed by atoms with van der Waals surface area (Å²) in [6, 6.07) is 8.38. The summed E-state index contributed by atoms with van der Waals surface area (Å²) in [4.78, 5) is 5.30. The molecule has 0 saturated heterocycles. The standard InChI is InChI=1S/C15H14FN5S/c16-12-6-4-11(5-7-12)13-10-21-15(19-13)22-14(20-21)18-9-3-1-2-8-17/h4-7,10H,1-3,9H2,(H,18,20). The number of nitriles is 1. The number of nitrogens with one attached hydrogen (secondary N) is 1. The maximum atomic E-state index is 12.9. The van der Waals surface area contributed by atoms with Gasteiger partial charge >= 0.3 is 0 Å². The van der Waals surface area contributed by atoms with Crippen LogP contribution in [-0.2, 0) is 0 Å². The Kier molecular flexibility index (Phi) is 4.30. The van der Waals surface area contributed by atoms with Crippen LogP contribution in [0.1, 0.15) is 19.3 Å². The lowest BCUT2D eigenvalue weighted by Crippen LogP contribution is -2.01. The van der Waals surface area contributed by atoms with Gasteiger partial charge in [0.2, 0.25) is 10.1 Å².